The highest BCUT2D eigenvalue weighted by atomic mass is 32.3. The van der Waals surface area contributed by atoms with Crippen molar-refractivity contribution in [2.75, 3.05) is 6.61 Å². The van der Waals surface area contributed by atoms with E-state index in [1.807, 2.05) is 6.92 Å². The predicted molar refractivity (Wildman–Crippen MR) is 277 cm³/mol. The fourth-order valence-corrected chi connectivity index (χ4v) is 16.1. The fraction of sp³-hybridized carbons (Fsp3) is 0.855. The SMILES string of the molecule is C=CC(O)C(=C)/C=C/C(C)(O)C1OC2CC3OC4CC5OC6CC7OC8CC9OC%10CC%11OC(C)(CCOS(=O)(=O)O)C(OS(=O)(=O)O)CC%11OC%10CC9OC8CCC7(C)OC6(C)CCC(C)C5OC4C(O)C3(C)OC2CC1=C. The molecule has 22 nitrogen and oxygen atoms in total. The molecule has 11 saturated heterocycles. The third-order valence-corrected chi connectivity index (χ3v) is 20.7. The number of aliphatic hydroxyl groups excluding tert-OH is 2. The molecule has 0 aromatic carbocycles. The van der Waals surface area contributed by atoms with E-state index < -0.39 is 141 Å². The van der Waals surface area contributed by atoms with Crippen LogP contribution in [0.5, 0.6) is 0 Å². The van der Waals surface area contributed by atoms with Crippen molar-refractivity contribution in [3.63, 3.8) is 0 Å². The summed E-state index contributed by atoms with van der Waals surface area (Å²) in [5.74, 6) is 0.0510. The zero-order valence-electron chi connectivity index (χ0n) is 45.9. The zero-order chi connectivity index (χ0) is 56.6. The fourth-order valence-electron chi connectivity index (χ4n) is 15.3. The summed E-state index contributed by atoms with van der Waals surface area (Å²) in [5.41, 5.74) is -4.40. The standard InChI is InChI=1S/C55H82O22S2/c1-10-30(56)27(2)11-14-51(5,58)50-29(4)19-39-38(72-50)25-46-55(9,75-39)49(57)48-42(71-46)23-41-47(73-48)28(3)12-15-53(7)44(70-41)26-43-54(8,77-53)16-13-31-32(69-43)20-34-33(66-31)21-35-36(67-34)22-40-37(68-35)24-45(76-79(62,63)64)52(6,74-40)17-18-65-78(59,60)61/h10-11,14,28,30-50,56-58H,1-2,4,12-13,15-26H2,3,5-9H3,(H,59,60,61)(H,62,63,64)/b14-11+. The van der Waals surface area contributed by atoms with Gasteiger partial charge < -0.3 is 67.4 Å². The van der Waals surface area contributed by atoms with E-state index in [4.69, 9.17) is 60.8 Å². The Morgan fingerprint density at radius 3 is 1.91 bits per heavy atom. The molecular formula is C55H82O22S2. The van der Waals surface area contributed by atoms with Gasteiger partial charge in [-0.1, -0.05) is 38.3 Å². The van der Waals surface area contributed by atoms with Gasteiger partial charge in [-0.2, -0.15) is 16.8 Å². The van der Waals surface area contributed by atoms with Crippen LogP contribution in [0.15, 0.2) is 49.1 Å². The molecule has 0 amide bonds. The second kappa shape index (κ2) is 21.3. The minimum atomic E-state index is -4.95. The van der Waals surface area contributed by atoms with Crippen molar-refractivity contribution in [1.82, 2.24) is 0 Å². The van der Waals surface area contributed by atoms with E-state index >= 15 is 0 Å². The van der Waals surface area contributed by atoms with E-state index in [9.17, 15) is 36.7 Å². The van der Waals surface area contributed by atoms with Crippen molar-refractivity contribution in [2.45, 2.75) is 281 Å². The lowest BCUT2D eigenvalue weighted by atomic mass is 9.73. The van der Waals surface area contributed by atoms with E-state index in [0.29, 0.717) is 75.4 Å². The highest BCUT2D eigenvalue weighted by Crippen LogP contribution is 2.54. The normalized spacial score (nSPS) is 50.9. The van der Waals surface area contributed by atoms with Gasteiger partial charge in [-0.15, -0.1) is 6.58 Å². The van der Waals surface area contributed by atoms with Gasteiger partial charge in [0.1, 0.15) is 35.6 Å². The molecule has 11 rings (SSSR count). The monoisotopic (exact) mass is 1160 g/mol. The minimum Gasteiger partial charge on any atom is -0.387 e. The van der Waals surface area contributed by atoms with E-state index in [0.717, 1.165) is 6.42 Å². The summed E-state index contributed by atoms with van der Waals surface area (Å²) >= 11 is 0. The Bertz CT molecular complexity index is 2580. The Labute approximate surface area is 463 Å². The van der Waals surface area contributed by atoms with Crippen molar-refractivity contribution in [2.24, 2.45) is 5.92 Å². The van der Waals surface area contributed by atoms with Crippen LogP contribution in [0.4, 0.5) is 0 Å². The zero-order valence-corrected chi connectivity index (χ0v) is 47.6. The van der Waals surface area contributed by atoms with E-state index in [-0.39, 0.29) is 61.5 Å². The number of ether oxygens (including phenoxy) is 11. The number of hydrogen-bond donors (Lipinski definition) is 5. The summed E-state index contributed by atoms with van der Waals surface area (Å²) in [6, 6.07) is 0. The Hall–Kier alpha value is -1.86. The molecule has 0 spiro atoms. The predicted octanol–water partition coefficient (Wildman–Crippen LogP) is 4.03. The smallest absolute Gasteiger partial charge is 0.387 e. The van der Waals surface area contributed by atoms with Crippen LogP contribution >= 0.6 is 0 Å². The first-order chi connectivity index (χ1) is 36.9. The summed E-state index contributed by atoms with van der Waals surface area (Å²) in [7, 11) is -9.75. The maximum absolute atomic E-state index is 12.3. The molecule has 5 N–H and O–H groups in total. The van der Waals surface area contributed by atoms with Gasteiger partial charge in [-0.05, 0) is 83.8 Å². The molecule has 27 unspecified atom stereocenters. The van der Waals surface area contributed by atoms with Gasteiger partial charge in [0, 0.05) is 51.4 Å². The lowest BCUT2D eigenvalue weighted by Gasteiger charge is -2.61. The Morgan fingerprint density at radius 1 is 0.709 bits per heavy atom. The average Bonchev–Trinajstić information content (AvgIpc) is 3.52. The molecular weight excluding hydrogens is 1080 g/mol. The molecule has 27 atom stereocenters. The first-order valence-corrected chi connectivity index (χ1v) is 31.0. The first-order valence-electron chi connectivity index (χ1n) is 28.3. The highest BCUT2D eigenvalue weighted by molar-refractivity contribution is 7.81. The molecule has 11 heterocycles. The van der Waals surface area contributed by atoms with Crippen molar-refractivity contribution in [1.29, 1.82) is 0 Å². The molecule has 0 saturated carbocycles. The van der Waals surface area contributed by atoms with Gasteiger partial charge in [0.25, 0.3) is 0 Å². The third-order valence-electron chi connectivity index (χ3n) is 19.8. The van der Waals surface area contributed by atoms with Crippen LogP contribution in [0, 0.1) is 5.92 Å². The van der Waals surface area contributed by atoms with Crippen LogP contribution in [-0.2, 0) is 81.3 Å². The second-order valence-corrected chi connectivity index (χ2v) is 27.8. The quantitative estimate of drug-likeness (QED) is 0.111. The number of aliphatic hydroxyl groups is 3. The number of rotatable bonds is 11. The Morgan fingerprint density at radius 2 is 1.27 bits per heavy atom. The van der Waals surface area contributed by atoms with Gasteiger partial charge in [-0.3, -0.25) is 9.11 Å². The molecule has 446 valence electrons. The molecule has 0 radical (unpaired) electrons. The van der Waals surface area contributed by atoms with Crippen LogP contribution in [0.1, 0.15) is 125 Å². The van der Waals surface area contributed by atoms with Gasteiger partial charge in [0.2, 0.25) is 0 Å². The van der Waals surface area contributed by atoms with Crippen molar-refractivity contribution >= 4 is 20.8 Å². The second-order valence-electron chi connectivity index (χ2n) is 25.6. The molecule has 11 fully saturated rings. The molecule has 0 bridgehead atoms. The van der Waals surface area contributed by atoms with Crippen molar-refractivity contribution < 1.29 is 102 Å². The molecule has 0 aromatic rings. The van der Waals surface area contributed by atoms with Crippen LogP contribution in [-0.4, -0.2) is 204 Å². The number of fused-ring (bicyclic) bond motifs is 10. The summed E-state index contributed by atoms with van der Waals surface area (Å²) in [6.07, 6.45) is -1.23. The maximum atomic E-state index is 12.3. The largest absolute Gasteiger partial charge is 0.397 e. The van der Waals surface area contributed by atoms with E-state index in [2.05, 4.69) is 44.7 Å². The Balaban J connectivity index is 0.748. The van der Waals surface area contributed by atoms with Gasteiger partial charge in [-0.25, -0.2) is 8.37 Å². The molecule has 11 aliphatic rings. The van der Waals surface area contributed by atoms with E-state index in [1.54, 1.807) is 19.1 Å². The Kier molecular flexibility index (Phi) is 15.9. The van der Waals surface area contributed by atoms with Crippen LogP contribution < -0.4 is 0 Å². The molecule has 0 aromatic heterocycles. The topological polar surface area (TPSA) is 289 Å². The van der Waals surface area contributed by atoms with Gasteiger partial charge >= 0.3 is 20.8 Å². The maximum Gasteiger partial charge on any atom is 0.397 e. The van der Waals surface area contributed by atoms with Crippen LogP contribution in [0.3, 0.4) is 0 Å². The lowest BCUT2D eigenvalue weighted by Crippen LogP contribution is -2.74. The molecule has 24 heteroatoms. The average molecular weight is 1160 g/mol. The summed E-state index contributed by atoms with van der Waals surface area (Å²) in [6.45, 7) is 22.7. The minimum absolute atomic E-state index is 0.00274. The summed E-state index contributed by atoms with van der Waals surface area (Å²) in [5, 5.41) is 34.1. The number of hydrogen-bond acceptors (Lipinski definition) is 20. The molecule has 79 heavy (non-hydrogen) atoms. The summed E-state index contributed by atoms with van der Waals surface area (Å²) < 4.78 is 151. The van der Waals surface area contributed by atoms with Crippen molar-refractivity contribution in [3.05, 3.63) is 49.1 Å². The van der Waals surface area contributed by atoms with Gasteiger partial charge in [0.05, 0.1) is 127 Å². The first kappa shape index (κ1) is 58.9. The van der Waals surface area contributed by atoms with Crippen molar-refractivity contribution in [3.8, 4) is 0 Å². The third kappa shape index (κ3) is 11.5. The summed E-state index contributed by atoms with van der Waals surface area (Å²) in [4.78, 5) is 0. The molecule has 0 aliphatic carbocycles. The lowest BCUT2D eigenvalue weighted by molar-refractivity contribution is -0.369. The highest BCUT2D eigenvalue weighted by Gasteiger charge is 2.65. The van der Waals surface area contributed by atoms with Crippen LogP contribution in [0.2, 0.25) is 0 Å². The van der Waals surface area contributed by atoms with E-state index in [1.165, 1.54) is 13.0 Å². The van der Waals surface area contributed by atoms with Gasteiger partial charge in [0.15, 0.2) is 0 Å². The van der Waals surface area contributed by atoms with Crippen LogP contribution in [0.25, 0.3) is 0 Å². The molecule has 11 aliphatic heterocycles.